The summed E-state index contributed by atoms with van der Waals surface area (Å²) in [5.74, 6) is 0. The molecule has 2 saturated heterocycles. The van der Waals surface area contributed by atoms with E-state index in [9.17, 15) is 9.59 Å². The third kappa shape index (κ3) is 3.37. The maximum absolute atomic E-state index is 12.0. The smallest absolute Gasteiger partial charge is 0.414 e. The standard InChI is InChI=1S/C15H17N3O4S/c1-10(23)16-8-13-9-18(15(20)22-13)12-4-2-11(3-5-12)17-6-7-21-14(17)19/h2-5,13H,6-9H2,1H3,(H,16,23)/t13-/m0/s1. The van der Waals surface area contributed by atoms with Crippen LogP contribution >= 0.6 is 12.2 Å². The van der Waals surface area contributed by atoms with Crippen molar-refractivity contribution >= 4 is 40.8 Å². The summed E-state index contributed by atoms with van der Waals surface area (Å²) in [6.45, 7) is 3.67. The van der Waals surface area contributed by atoms with E-state index in [0.717, 1.165) is 11.4 Å². The quantitative estimate of drug-likeness (QED) is 0.848. The van der Waals surface area contributed by atoms with Gasteiger partial charge in [0.25, 0.3) is 0 Å². The maximum atomic E-state index is 12.0. The lowest BCUT2D eigenvalue weighted by Gasteiger charge is -2.16. The molecule has 1 aromatic rings. The van der Waals surface area contributed by atoms with Crippen molar-refractivity contribution in [2.75, 3.05) is 36.0 Å². The second-order valence-corrected chi connectivity index (χ2v) is 5.95. The van der Waals surface area contributed by atoms with Gasteiger partial charge in [0, 0.05) is 11.4 Å². The van der Waals surface area contributed by atoms with Gasteiger partial charge in [-0.15, -0.1) is 0 Å². The molecule has 2 fully saturated rings. The molecular weight excluding hydrogens is 318 g/mol. The van der Waals surface area contributed by atoms with E-state index in [1.807, 2.05) is 0 Å². The number of nitrogens with zero attached hydrogens (tertiary/aromatic N) is 2. The van der Waals surface area contributed by atoms with Crippen LogP contribution < -0.4 is 15.1 Å². The number of rotatable bonds is 4. The molecule has 0 saturated carbocycles. The van der Waals surface area contributed by atoms with Crippen LogP contribution in [0.3, 0.4) is 0 Å². The van der Waals surface area contributed by atoms with Crippen LogP contribution in [-0.2, 0) is 9.47 Å². The Morgan fingerprint density at radius 1 is 1.22 bits per heavy atom. The highest BCUT2D eigenvalue weighted by Crippen LogP contribution is 2.26. The zero-order chi connectivity index (χ0) is 16.4. The first kappa shape index (κ1) is 15.5. The van der Waals surface area contributed by atoms with Crippen molar-refractivity contribution in [3.05, 3.63) is 24.3 Å². The summed E-state index contributed by atoms with van der Waals surface area (Å²) in [4.78, 5) is 27.3. The highest BCUT2D eigenvalue weighted by Gasteiger charge is 2.32. The van der Waals surface area contributed by atoms with Crippen molar-refractivity contribution in [2.24, 2.45) is 0 Å². The molecule has 8 heteroatoms. The van der Waals surface area contributed by atoms with Crippen LogP contribution in [0.15, 0.2) is 24.3 Å². The van der Waals surface area contributed by atoms with Gasteiger partial charge >= 0.3 is 12.2 Å². The number of amides is 2. The van der Waals surface area contributed by atoms with Crippen LogP contribution in [0.4, 0.5) is 21.0 Å². The van der Waals surface area contributed by atoms with Gasteiger partial charge in [0.2, 0.25) is 0 Å². The molecule has 0 unspecified atom stereocenters. The number of nitrogens with one attached hydrogen (secondary N) is 1. The van der Waals surface area contributed by atoms with Gasteiger partial charge in [-0.2, -0.15) is 0 Å². The number of carbonyl (C=O) groups is 2. The number of hydrogen-bond donors (Lipinski definition) is 1. The normalized spacial score (nSPS) is 20.5. The van der Waals surface area contributed by atoms with Crippen molar-refractivity contribution in [1.29, 1.82) is 0 Å². The lowest BCUT2D eigenvalue weighted by molar-refractivity contribution is 0.143. The van der Waals surface area contributed by atoms with E-state index < -0.39 is 0 Å². The fraction of sp³-hybridized carbons (Fsp3) is 0.400. The Labute approximate surface area is 139 Å². The van der Waals surface area contributed by atoms with E-state index >= 15 is 0 Å². The second kappa shape index (κ2) is 6.41. The maximum Gasteiger partial charge on any atom is 0.414 e. The van der Waals surface area contributed by atoms with Crippen molar-refractivity contribution < 1.29 is 19.1 Å². The number of ether oxygens (including phenoxy) is 2. The van der Waals surface area contributed by atoms with E-state index in [4.69, 9.17) is 21.7 Å². The summed E-state index contributed by atoms with van der Waals surface area (Å²) in [6, 6.07) is 7.18. The minimum atomic E-state index is -0.382. The lowest BCUT2D eigenvalue weighted by atomic mass is 10.2. The monoisotopic (exact) mass is 335 g/mol. The highest BCUT2D eigenvalue weighted by molar-refractivity contribution is 7.80. The summed E-state index contributed by atoms with van der Waals surface area (Å²) in [6.07, 6.45) is -0.971. The SMILES string of the molecule is CC(=S)NC[C@H]1CN(c2ccc(N3CCOC3=O)cc2)C(=O)O1. The molecule has 2 amide bonds. The summed E-state index contributed by atoms with van der Waals surface area (Å²) in [5, 5.41) is 3.00. The van der Waals surface area contributed by atoms with Gasteiger partial charge in [-0.3, -0.25) is 9.80 Å². The third-order valence-corrected chi connectivity index (χ3v) is 3.83. The van der Waals surface area contributed by atoms with Crippen LogP contribution in [-0.4, -0.2) is 49.5 Å². The summed E-state index contributed by atoms with van der Waals surface area (Å²) in [7, 11) is 0. The molecule has 2 aliphatic heterocycles. The predicted octanol–water partition coefficient (Wildman–Crippen LogP) is 1.91. The van der Waals surface area contributed by atoms with E-state index in [2.05, 4.69) is 5.32 Å². The molecule has 2 heterocycles. The average molecular weight is 335 g/mol. The van der Waals surface area contributed by atoms with Crippen molar-refractivity contribution in [3.8, 4) is 0 Å². The van der Waals surface area contributed by atoms with Gasteiger partial charge in [0.05, 0.1) is 24.6 Å². The summed E-state index contributed by atoms with van der Waals surface area (Å²) < 4.78 is 10.2. The molecule has 0 bridgehead atoms. The van der Waals surface area contributed by atoms with Gasteiger partial charge in [-0.25, -0.2) is 9.59 Å². The molecule has 2 aliphatic rings. The molecule has 3 rings (SSSR count). The Kier molecular flexibility index (Phi) is 4.33. The number of anilines is 2. The van der Waals surface area contributed by atoms with Gasteiger partial charge in [-0.1, -0.05) is 12.2 Å². The van der Waals surface area contributed by atoms with Crippen LogP contribution in [0.5, 0.6) is 0 Å². The van der Waals surface area contributed by atoms with Crippen LogP contribution in [0, 0.1) is 0 Å². The van der Waals surface area contributed by atoms with Crippen LogP contribution in [0.1, 0.15) is 6.92 Å². The second-order valence-electron chi connectivity index (χ2n) is 5.34. The molecule has 1 aromatic carbocycles. The molecule has 1 atom stereocenters. The minimum Gasteiger partial charge on any atom is -0.447 e. The minimum absolute atomic E-state index is 0.242. The van der Waals surface area contributed by atoms with Crippen LogP contribution in [0.25, 0.3) is 0 Å². The fourth-order valence-corrected chi connectivity index (χ4v) is 2.62. The van der Waals surface area contributed by atoms with Gasteiger partial charge in [0.1, 0.15) is 12.7 Å². The van der Waals surface area contributed by atoms with Crippen molar-refractivity contribution in [3.63, 3.8) is 0 Å². The zero-order valence-corrected chi connectivity index (χ0v) is 13.5. The number of hydrogen-bond acceptors (Lipinski definition) is 5. The lowest BCUT2D eigenvalue weighted by Crippen LogP contribution is -2.32. The summed E-state index contributed by atoms with van der Waals surface area (Å²) >= 11 is 4.95. The molecule has 23 heavy (non-hydrogen) atoms. The first-order chi connectivity index (χ1) is 11.0. The van der Waals surface area contributed by atoms with E-state index in [1.165, 1.54) is 0 Å². The molecule has 0 aliphatic carbocycles. The zero-order valence-electron chi connectivity index (χ0n) is 12.7. The van der Waals surface area contributed by atoms with Crippen molar-refractivity contribution in [1.82, 2.24) is 5.32 Å². The Balaban J connectivity index is 1.66. The van der Waals surface area contributed by atoms with E-state index in [0.29, 0.717) is 31.2 Å². The fourth-order valence-electron chi connectivity index (χ4n) is 2.54. The third-order valence-electron chi connectivity index (χ3n) is 3.69. The molecule has 0 spiro atoms. The average Bonchev–Trinajstić information content (AvgIpc) is 3.11. The first-order valence-electron chi connectivity index (χ1n) is 7.31. The Morgan fingerprint density at radius 3 is 2.43 bits per heavy atom. The van der Waals surface area contributed by atoms with Crippen LogP contribution in [0.2, 0.25) is 0 Å². The van der Waals surface area contributed by atoms with Crippen molar-refractivity contribution in [2.45, 2.75) is 13.0 Å². The highest BCUT2D eigenvalue weighted by atomic mass is 32.1. The van der Waals surface area contributed by atoms with E-state index in [1.54, 1.807) is 41.0 Å². The molecule has 1 N–H and O–H groups in total. The predicted molar refractivity (Wildman–Crippen MR) is 89.0 cm³/mol. The number of carbonyl (C=O) groups excluding carboxylic acids is 2. The van der Waals surface area contributed by atoms with E-state index in [-0.39, 0.29) is 18.3 Å². The summed E-state index contributed by atoms with van der Waals surface area (Å²) in [5.41, 5.74) is 1.48. The van der Waals surface area contributed by atoms with Gasteiger partial charge in [0.15, 0.2) is 0 Å². The molecule has 0 aromatic heterocycles. The van der Waals surface area contributed by atoms with Gasteiger partial charge in [-0.05, 0) is 31.2 Å². The number of benzene rings is 1. The Bertz CT molecular complexity index is 634. The molecule has 7 nitrogen and oxygen atoms in total. The Hall–Kier alpha value is -2.35. The largest absolute Gasteiger partial charge is 0.447 e. The number of thiocarbonyl (C=S) groups is 1. The topological polar surface area (TPSA) is 71.1 Å². The molecular formula is C15H17N3O4S. The Morgan fingerprint density at radius 2 is 1.87 bits per heavy atom. The number of cyclic esters (lactones) is 2. The molecule has 122 valence electrons. The molecule has 0 radical (unpaired) electrons. The first-order valence-corrected chi connectivity index (χ1v) is 7.72. The van der Waals surface area contributed by atoms with Gasteiger partial charge < -0.3 is 14.8 Å².